The van der Waals surface area contributed by atoms with Crippen LogP contribution in [-0.2, 0) is 9.59 Å². The maximum atomic E-state index is 11.4. The third-order valence-electron chi connectivity index (χ3n) is 1.97. The van der Waals surface area contributed by atoms with Gasteiger partial charge in [0.2, 0.25) is 5.91 Å². The predicted octanol–water partition coefficient (Wildman–Crippen LogP) is 0.713. The summed E-state index contributed by atoms with van der Waals surface area (Å²) in [6.07, 6.45) is 2.88. The van der Waals surface area contributed by atoms with Gasteiger partial charge in [-0.2, -0.15) is 0 Å². The molecule has 5 nitrogen and oxygen atoms in total. The van der Waals surface area contributed by atoms with Gasteiger partial charge in [0, 0.05) is 24.0 Å². The van der Waals surface area contributed by atoms with E-state index >= 15 is 0 Å². The molecule has 1 heterocycles. The maximum Gasteiger partial charge on any atom is 0.326 e. The van der Waals surface area contributed by atoms with Crippen LogP contribution in [0.4, 0.5) is 0 Å². The van der Waals surface area contributed by atoms with Crippen LogP contribution < -0.4 is 5.32 Å². The summed E-state index contributed by atoms with van der Waals surface area (Å²) in [5.74, 6) is -1.64. The van der Waals surface area contributed by atoms with E-state index in [1.807, 2.05) is 17.5 Å². The van der Waals surface area contributed by atoms with Crippen molar-refractivity contribution in [2.45, 2.75) is 12.5 Å². The summed E-state index contributed by atoms with van der Waals surface area (Å²) in [6, 6.07) is 2.64. The SMILES string of the molecule is O=C(/C=C/c1cccs1)N[C@H](CCO)C(=O)O. The molecule has 1 amide bonds. The van der Waals surface area contributed by atoms with Crippen molar-refractivity contribution in [1.82, 2.24) is 5.32 Å². The molecule has 92 valence electrons. The van der Waals surface area contributed by atoms with Crippen LogP contribution in [0, 0.1) is 0 Å². The van der Waals surface area contributed by atoms with E-state index in [0.29, 0.717) is 0 Å². The molecule has 17 heavy (non-hydrogen) atoms. The predicted molar refractivity (Wildman–Crippen MR) is 64.6 cm³/mol. The van der Waals surface area contributed by atoms with E-state index in [-0.39, 0.29) is 13.0 Å². The highest BCUT2D eigenvalue weighted by Gasteiger charge is 2.17. The minimum atomic E-state index is -1.16. The Morgan fingerprint density at radius 2 is 2.29 bits per heavy atom. The number of carbonyl (C=O) groups is 2. The molecule has 0 bridgehead atoms. The van der Waals surface area contributed by atoms with Gasteiger partial charge < -0.3 is 15.5 Å². The third-order valence-corrected chi connectivity index (χ3v) is 2.81. The number of carboxylic acids is 1. The lowest BCUT2D eigenvalue weighted by Crippen LogP contribution is -2.40. The molecule has 1 aromatic heterocycles. The summed E-state index contributed by atoms with van der Waals surface area (Å²) < 4.78 is 0. The summed E-state index contributed by atoms with van der Waals surface area (Å²) in [6.45, 7) is -0.286. The molecule has 0 aliphatic carbocycles. The van der Waals surface area contributed by atoms with Crippen LogP contribution in [0.3, 0.4) is 0 Å². The number of carboxylic acid groups (broad SMARTS) is 1. The van der Waals surface area contributed by atoms with Gasteiger partial charge in [-0.25, -0.2) is 4.79 Å². The van der Waals surface area contributed by atoms with Gasteiger partial charge in [0.25, 0.3) is 0 Å². The quantitative estimate of drug-likeness (QED) is 0.653. The van der Waals surface area contributed by atoms with Crippen molar-refractivity contribution < 1.29 is 19.8 Å². The summed E-state index contributed by atoms with van der Waals surface area (Å²) in [4.78, 5) is 23.0. The lowest BCUT2D eigenvalue weighted by Gasteiger charge is -2.10. The molecule has 0 unspecified atom stereocenters. The van der Waals surface area contributed by atoms with Gasteiger partial charge in [0.15, 0.2) is 0 Å². The number of hydrogen-bond donors (Lipinski definition) is 3. The van der Waals surface area contributed by atoms with Crippen LogP contribution in [-0.4, -0.2) is 34.7 Å². The molecule has 0 saturated heterocycles. The van der Waals surface area contributed by atoms with Crippen molar-refractivity contribution in [1.29, 1.82) is 0 Å². The van der Waals surface area contributed by atoms with Gasteiger partial charge in [0.1, 0.15) is 6.04 Å². The topological polar surface area (TPSA) is 86.6 Å². The van der Waals surface area contributed by atoms with Gasteiger partial charge in [-0.3, -0.25) is 4.79 Å². The zero-order valence-corrected chi connectivity index (χ0v) is 9.81. The first-order chi connectivity index (χ1) is 8.13. The molecule has 0 aliphatic rings. The first-order valence-electron chi connectivity index (χ1n) is 4.99. The Labute approximate surface area is 102 Å². The van der Waals surface area contributed by atoms with Crippen molar-refractivity contribution in [3.63, 3.8) is 0 Å². The Morgan fingerprint density at radius 3 is 2.82 bits per heavy atom. The number of carbonyl (C=O) groups excluding carboxylic acids is 1. The maximum absolute atomic E-state index is 11.4. The molecule has 0 aliphatic heterocycles. The molecule has 1 aromatic rings. The van der Waals surface area contributed by atoms with Crippen molar-refractivity contribution in [3.8, 4) is 0 Å². The van der Waals surface area contributed by atoms with Crippen LogP contribution in [0.25, 0.3) is 6.08 Å². The molecule has 1 atom stereocenters. The molecule has 0 radical (unpaired) electrons. The molecule has 3 N–H and O–H groups in total. The summed E-state index contributed by atoms with van der Waals surface area (Å²) >= 11 is 1.48. The van der Waals surface area contributed by atoms with Crippen LogP contribution in [0.15, 0.2) is 23.6 Å². The van der Waals surface area contributed by atoms with E-state index < -0.39 is 17.9 Å². The molecular weight excluding hydrogens is 242 g/mol. The van der Waals surface area contributed by atoms with Crippen molar-refractivity contribution in [2.24, 2.45) is 0 Å². The van der Waals surface area contributed by atoms with Gasteiger partial charge in [-0.15, -0.1) is 11.3 Å². The Hall–Kier alpha value is -1.66. The second-order valence-corrected chi connectivity index (χ2v) is 4.24. The zero-order valence-electron chi connectivity index (χ0n) is 9.00. The number of amides is 1. The molecule has 0 spiro atoms. The summed E-state index contributed by atoms with van der Waals surface area (Å²) in [5, 5.41) is 21.6. The number of aliphatic hydroxyl groups is 1. The van der Waals surface area contributed by atoms with Gasteiger partial charge in [-0.05, 0) is 17.5 Å². The monoisotopic (exact) mass is 255 g/mol. The highest BCUT2D eigenvalue weighted by atomic mass is 32.1. The molecule has 0 fully saturated rings. The number of rotatable bonds is 6. The highest BCUT2D eigenvalue weighted by molar-refractivity contribution is 7.10. The van der Waals surface area contributed by atoms with E-state index in [4.69, 9.17) is 10.2 Å². The van der Waals surface area contributed by atoms with E-state index in [9.17, 15) is 9.59 Å². The highest BCUT2D eigenvalue weighted by Crippen LogP contribution is 2.09. The standard InChI is InChI=1S/C11H13NO4S/c13-6-5-9(11(15)16)12-10(14)4-3-8-2-1-7-17-8/h1-4,7,9,13H,5-6H2,(H,12,14)(H,15,16)/b4-3+/t9-/m1/s1. The van der Waals surface area contributed by atoms with Crippen molar-refractivity contribution >= 4 is 29.3 Å². The number of nitrogens with one attached hydrogen (secondary N) is 1. The van der Waals surface area contributed by atoms with Crippen molar-refractivity contribution in [3.05, 3.63) is 28.5 Å². The van der Waals surface area contributed by atoms with E-state index in [1.54, 1.807) is 6.08 Å². The fourth-order valence-corrected chi connectivity index (χ4v) is 1.77. The zero-order chi connectivity index (χ0) is 12.7. The minimum absolute atomic E-state index is 0.00604. The van der Waals surface area contributed by atoms with Crippen LogP contribution >= 0.6 is 11.3 Å². The second-order valence-electron chi connectivity index (χ2n) is 3.26. The van der Waals surface area contributed by atoms with Crippen LogP contribution in [0.2, 0.25) is 0 Å². The average Bonchev–Trinajstić information content (AvgIpc) is 2.78. The lowest BCUT2D eigenvalue weighted by molar-refractivity contribution is -0.141. The smallest absolute Gasteiger partial charge is 0.326 e. The van der Waals surface area contributed by atoms with Gasteiger partial charge in [0.05, 0.1) is 0 Å². The minimum Gasteiger partial charge on any atom is -0.480 e. The Morgan fingerprint density at radius 1 is 1.53 bits per heavy atom. The number of hydrogen-bond acceptors (Lipinski definition) is 4. The Kier molecular flexibility index (Phi) is 5.38. The van der Waals surface area contributed by atoms with Crippen LogP contribution in [0.1, 0.15) is 11.3 Å². The normalized spacial score (nSPS) is 12.5. The molecular formula is C11H13NO4S. The Bertz CT molecular complexity index is 400. The van der Waals surface area contributed by atoms with E-state index in [0.717, 1.165) is 4.88 Å². The summed E-state index contributed by atoms with van der Waals surface area (Å²) in [7, 11) is 0. The number of aliphatic hydroxyl groups excluding tert-OH is 1. The van der Waals surface area contributed by atoms with Crippen molar-refractivity contribution in [2.75, 3.05) is 6.61 Å². The van der Waals surface area contributed by atoms with E-state index in [2.05, 4.69) is 5.32 Å². The fraction of sp³-hybridized carbons (Fsp3) is 0.273. The summed E-state index contributed by atoms with van der Waals surface area (Å²) in [5.41, 5.74) is 0. The fourth-order valence-electron chi connectivity index (χ4n) is 1.15. The van der Waals surface area contributed by atoms with Gasteiger partial charge in [-0.1, -0.05) is 6.07 Å². The molecule has 0 saturated carbocycles. The first-order valence-corrected chi connectivity index (χ1v) is 5.87. The molecule has 1 rings (SSSR count). The van der Waals surface area contributed by atoms with E-state index in [1.165, 1.54) is 17.4 Å². The number of aliphatic carboxylic acids is 1. The first kappa shape index (κ1) is 13.4. The Balaban J connectivity index is 2.50. The number of thiophene rings is 1. The average molecular weight is 255 g/mol. The second kappa shape index (κ2) is 6.82. The third kappa shape index (κ3) is 4.80. The molecule has 6 heteroatoms. The molecule has 0 aromatic carbocycles. The van der Waals surface area contributed by atoms with Gasteiger partial charge >= 0.3 is 5.97 Å². The van der Waals surface area contributed by atoms with Crippen LogP contribution in [0.5, 0.6) is 0 Å². The largest absolute Gasteiger partial charge is 0.480 e. The lowest BCUT2D eigenvalue weighted by atomic mass is 10.2.